The minimum atomic E-state index is -1.09. The summed E-state index contributed by atoms with van der Waals surface area (Å²) in [5.41, 5.74) is 5.11. The summed E-state index contributed by atoms with van der Waals surface area (Å²) >= 11 is 0. The second-order valence-corrected chi connectivity index (χ2v) is 13.1. The number of nitrogens with one attached hydrogen (secondary N) is 2. The number of hydrogen-bond acceptors (Lipinski definition) is 10. The number of nitrogens with zero attached hydrogens (tertiary/aromatic N) is 5. The van der Waals surface area contributed by atoms with E-state index in [1.54, 1.807) is 39.8 Å². The Balaban J connectivity index is 0.958. The van der Waals surface area contributed by atoms with Crippen molar-refractivity contribution < 1.29 is 28.5 Å². The number of likely N-dealkylation sites (tertiary alicyclic amines) is 1. The summed E-state index contributed by atoms with van der Waals surface area (Å²) in [7, 11) is 4.83. The summed E-state index contributed by atoms with van der Waals surface area (Å²) in [6, 6.07) is 21.2. The fraction of sp³-hybridized carbons (Fsp3) is 0.325. The minimum Gasteiger partial charge on any atom is -0.496 e. The van der Waals surface area contributed by atoms with E-state index < -0.39 is 5.60 Å². The third kappa shape index (κ3) is 7.77. The van der Waals surface area contributed by atoms with Gasteiger partial charge in [0.1, 0.15) is 18.1 Å². The van der Waals surface area contributed by atoms with Gasteiger partial charge in [0.15, 0.2) is 11.4 Å². The number of fused-ring (bicyclic) bond motifs is 1. The average molecular weight is 718 g/mol. The molecule has 3 aromatic carbocycles. The summed E-state index contributed by atoms with van der Waals surface area (Å²) in [5, 5.41) is 11.6. The Morgan fingerprint density at radius 2 is 1.75 bits per heavy atom. The maximum Gasteiger partial charge on any atom is 0.258 e. The first-order chi connectivity index (χ1) is 25.9. The van der Waals surface area contributed by atoms with Crippen LogP contribution in [-0.2, 0) is 19.1 Å². The normalized spacial score (nSPS) is 17.5. The second-order valence-electron chi connectivity index (χ2n) is 13.1. The molecule has 2 aliphatic heterocycles. The molecule has 13 nitrogen and oxygen atoms in total. The Morgan fingerprint density at radius 3 is 2.49 bits per heavy atom. The molecular weight excluding hydrogens is 674 g/mol. The van der Waals surface area contributed by atoms with E-state index in [2.05, 4.69) is 31.6 Å². The quantitative estimate of drug-likeness (QED) is 0.159. The molecule has 0 unspecified atom stereocenters. The monoisotopic (exact) mass is 717 g/mol. The van der Waals surface area contributed by atoms with Gasteiger partial charge in [0.05, 0.1) is 37.0 Å². The molecule has 2 aromatic heterocycles. The van der Waals surface area contributed by atoms with Crippen molar-refractivity contribution >= 4 is 34.0 Å². The summed E-state index contributed by atoms with van der Waals surface area (Å²) in [5.74, 6) is 1.83. The van der Waals surface area contributed by atoms with E-state index in [9.17, 15) is 9.59 Å². The number of H-pyrrole nitrogens is 1. The van der Waals surface area contributed by atoms with Crippen molar-refractivity contribution in [2.45, 2.75) is 18.4 Å². The van der Waals surface area contributed by atoms with Gasteiger partial charge in [0.25, 0.3) is 5.91 Å². The molecule has 274 valence electrons. The molecule has 0 aliphatic carbocycles. The van der Waals surface area contributed by atoms with Crippen LogP contribution in [0.5, 0.6) is 11.5 Å². The highest BCUT2D eigenvalue weighted by Gasteiger charge is 2.45. The third-order valence-corrected chi connectivity index (χ3v) is 9.92. The van der Waals surface area contributed by atoms with E-state index >= 15 is 0 Å². The number of methoxy groups -OCH3 is 3. The summed E-state index contributed by atoms with van der Waals surface area (Å²) in [4.78, 5) is 39.8. The summed E-state index contributed by atoms with van der Waals surface area (Å²) in [6.45, 7) is 3.18. The largest absolute Gasteiger partial charge is 0.496 e. The Hall–Kier alpha value is -5.63. The zero-order valence-electron chi connectivity index (χ0n) is 30.1. The van der Waals surface area contributed by atoms with Crippen molar-refractivity contribution in [3.8, 4) is 34.1 Å². The van der Waals surface area contributed by atoms with Crippen LogP contribution in [0.4, 0.5) is 5.69 Å². The fourth-order valence-electron chi connectivity index (χ4n) is 6.91. The van der Waals surface area contributed by atoms with Gasteiger partial charge in [-0.1, -0.05) is 12.1 Å². The molecule has 4 heterocycles. The van der Waals surface area contributed by atoms with Crippen molar-refractivity contribution in [3.63, 3.8) is 0 Å². The highest BCUT2D eigenvalue weighted by molar-refractivity contribution is 6.01. The van der Waals surface area contributed by atoms with Crippen LogP contribution in [0.15, 0.2) is 85.2 Å². The number of carbonyl (C=O) groups is 2. The molecule has 0 saturated carbocycles. The van der Waals surface area contributed by atoms with Crippen LogP contribution in [0, 0.1) is 0 Å². The number of hydrogen-bond donors (Lipinski definition) is 2. The molecule has 1 atom stereocenters. The SMILES string of the molecule is COCCOc1ccc(-c2n[nH]c3ccc(NC(=O)[C@]4(OC)CCN(CC(=O)N5CC=C(c6ccc(-c7ncccn7)c(OC)c6)CC5)C4)cc23)cc1. The van der Waals surface area contributed by atoms with Gasteiger partial charge in [0.2, 0.25) is 5.91 Å². The van der Waals surface area contributed by atoms with Crippen LogP contribution in [0.2, 0.25) is 0 Å². The first kappa shape index (κ1) is 35.8. The van der Waals surface area contributed by atoms with Gasteiger partial charge >= 0.3 is 0 Å². The molecule has 7 rings (SSSR count). The smallest absolute Gasteiger partial charge is 0.258 e. The first-order valence-corrected chi connectivity index (χ1v) is 17.6. The lowest BCUT2D eigenvalue weighted by atomic mass is 9.97. The number of amides is 2. The van der Waals surface area contributed by atoms with Gasteiger partial charge in [0, 0.05) is 69.4 Å². The molecule has 5 aromatic rings. The van der Waals surface area contributed by atoms with E-state index in [-0.39, 0.29) is 18.4 Å². The van der Waals surface area contributed by atoms with Crippen LogP contribution in [0.3, 0.4) is 0 Å². The number of carbonyl (C=O) groups excluding carboxylic acids is 2. The average Bonchev–Trinajstić information content (AvgIpc) is 3.83. The topological polar surface area (TPSA) is 144 Å². The second kappa shape index (κ2) is 15.9. The Bertz CT molecular complexity index is 2100. The molecule has 0 radical (unpaired) electrons. The Morgan fingerprint density at radius 1 is 0.943 bits per heavy atom. The Kier molecular flexibility index (Phi) is 10.8. The molecule has 0 bridgehead atoms. The molecule has 0 spiro atoms. The van der Waals surface area contributed by atoms with E-state index in [0.717, 1.165) is 51.0 Å². The van der Waals surface area contributed by atoms with Gasteiger partial charge in [-0.3, -0.25) is 19.6 Å². The zero-order valence-corrected chi connectivity index (χ0v) is 30.1. The van der Waals surface area contributed by atoms with Crippen LogP contribution < -0.4 is 14.8 Å². The molecule has 2 amide bonds. The summed E-state index contributed by atoms with van der Waals surface area (Å²) in [6.07, 6.45) is 6.70. The van der Waals surface area contributed by atoms with Crippen LogP contribution in [0.1, 0.15) is 18.4 Å². The number of aromatic nitrogens is 4. The molecule has 2 N–H and O–H groups in total. The first-order valence-electron chi connectivity index (χ1n) is 17.6. The van der Waals surface area contributed by atoms with Crippen LogP contribution in [0.25, 0.3) is 39.1 Å². The van der Waals surface area contributed by atoms with Crippen LogP contribution in [-0.4, -0.2) is 115 Å². The number of ether oxygens (including phenoxy) is 4. The zero-order chi connectivity index (χ0) is 36.8. The summed E-state index contributed by atoms with van der Waals surface area (Å²) < 4.78 is 22.3. The van der Waals surface area contributed by atoms with Crippen molar-refractivity contribution in [1.29, 1.82) is 0 Å². The molecule has 53 heavy (non-hydrogen) atoms. The third-order valence-electron chi connectivity index (χ3n) is 9.92. The lowest BCUT2D eigenvalue weighted by Crippen LogP contribution is -2.48. The van der Waals surface area contributed by atoms with Crippen molar-refractivity contribution in [1.82, 2.24) is 30.0 Å². The van der Waals surface area contributed by atoms with Crippen molar-refractivity contribution in [2.75, 3.05) is 72.6 Å². The molecule has 1 saturated heterocycles. The predicted molar refractivity (Wildman–Crippen MR) is 202 cm³/mol. The van der Waals surface area contributed by atoms with Gasteiger partial charge in [-0.25, -0.2) is 9.97 Å². The van der Waals surface area contributed by atoms with Crippen LogP contribution >= 0.6 is 0 Å². The number of benzene rings is 3. The van der Waals surface area contributed by atoms with Gasteiger partial charge in [-0.05, 0) is 84.6 Å². The molecular formula is C40H43N7O6. The van der Waals surface area contributed by atoms with Gasteiger partial charge in [-0.2, -0.15) is 5.10 Å². The van der Waals surface area contributed by atoms with E-state index in [0.29, 0.717) is 63.1 Å². The standard InChI is InChI=1S/C40H43N7O6/c1-50-21-22-53-31-9-5-28(6-10-31)37-33-24-30(8-12-34(33)44-45-37)43-39(49)40(52-3)15-20-46(26-40)25-36(48)47-18-13-27(14-19-47)29-7-11-32(35(23-29)51-2)38-41-16-4-17-42-38/h4-13,16-17,23-24H,14-15,18-22,25-26H2,1-3H3,(H,43,49)(H,44,45)/t40-/m0/s1. The van der Waals surface area contributed by atoms with Gasteiger partial charge < -0.3 is 29.2 Å². The number of anilines is 1. The lowest BCUT2D eigenvalue weighted by Gasteiger charge is -2.30. The Labute approximate surface area is 307 Å². The van der Waals surface area contributed by atoms with E-state index in [1.165, 1.54) is 0 Å². The lowest BCUT2D eigenvalue weighted by molar-refractivity contribution is -0.138. The maximum atomic E-state index is 13.8. The number of aromatic amines is 1. The van der Waals surface area contributed by atoms with E-state index in [4.69, 9.17) is 18.9 Å². The fourth-order valence-corrected chi connectivity index (χ4v) is 6.91. The van der Waals surface area contributed by atoms with Crippen molar-refractivity contribution in [2.24, 2.45) is 0 Å². The van der Waals surface area contributed by atoms with Crippen molar-refractivity contribution in [3.05, 3.63) is 90.8 Å². The molecule has 1 fully saturated rings. The highest BCUT2D eigenvalue weighted by atomic mass is 16.5. The molecule has 13 heteroatoms. The van der Waals surface area contributed by atoms with Gasteiger partial charge in [-0.15, -0.1) is 0 Å². The van der Waals surface area contributed by atoms with E-state index in [1.807, 2.05) is 70.5 Å². The molecule has 2 aliphatic rings. The highest BCUT2D eigenvalue weighted by Crippen LogP contribution is 2.34. The minimum absolute atomic E-state index is 0.0225. The number of rotatable bonds is 13. The maximum absolute atomic E-state index is 13.8. The predicted octanol–water partition coefficient (Wildman–Crippen LogP) is 5.07.